The van der Waals surface area contributed by atoms with Crippen molar-refractivity contribution < 1.29 is 29.6 Å². The summed E-state index contributed by atoms with van der Waals surface area (Å²) < 4.78 is 10.1. The van der Waals surface area contributed by atoms with Crippen LogP contribution in [0.3, 0.4) is 0 Å². The summed E-state index contributed by atoms with van der Waals surface area (Å²) in [5, 5.41) is 28.6. The summed E-state index contributed by atoms with van der Waals surface area (Å²) in [6.45, 7) is 2.74. The van der Waals surface area contributed by atoms with E-state index in [1.165, 1.54) is 89.9 Å². The summed E-state index contributed by atoms with van der Waals surface area (Å²) in [4.78, 5) is 11.1. The highest BCUT2D eigenvalue weighted by atomic mass is 16.6. The summed E-state index contributed by atoms with van der Waals surface area (Å²) in [6, 6.07) is 0. The molecule has 0 saturated carbocycles. The molecule has 0 bridgehead atoms. The number of esters is 1. The Hall–Kier alpha value is -1.27. The molecule has 176 valence electrons. The van der Waals surface area contributed by atoms with Crippen LogP contribution in [0.1, 0.15) is 110 Å². The minimum Gasteiger partial charge on any atom is -0.505 e. The molecule has 0 amide bonds. The lowest BCUT2D eigenvalue weighted by Crippen LogP contribution is -2.33. The number of carbonyl (C=O) groups excluding carboxylic acids is 1. The Morgan fingerprint density at radius 1 is 0.800 bits per heavy atom. The smallest absolute Gasteiger partial charge is 0.377 e. The van der Waals surface area contributed by atoms with Crippen LogP contribution in [0.2, 0.25) is 0 Å². The summed E-state index contributed by atoms with van der Waals surface area (Å²) >= 11 is 0. The van der Waals surface area contributed by atoms with Crippen molar-refractivity contribution in [1.82, 2.24) is 0 Å². The largest absolute Gasteiger partial charge is 0.505 e. The molecule has 0 radical (unpaired) electrons. The van der Waals surface area contributed by atoms with Crippen molar-refractivity contribution in [3.63, 3.8) is 0 Å². The Balaban J connectivity index is 1.79. The zero-order valence-electron chi connectivity index (χ0n) is 18.9. The molecule has 1 rings (SSSR count). The minimum atomic E-state index is -1.23. The number of unbranched alkanes of at least 4 members (excludes halogenated alkanes) is 15. The molecule has 30 heavy (non-hydrogen) atoms. The third-order valence-corrected chi connectivity index (χ3v) is 5.72. The van der Waals surface area contributed by atoms with Gasteiger partial charge >= 0.3 is 5.97 Å². The number of ether oxygens (including phenoxy) is 2. The number of hydrogen-bond acceptors (Lipinski definition) is 6. The molecule has 0 aromatic rings. The fourth-order valence-electron chi connectivity index (χ4n) is 3.77. The van der Waals surface area contributed by atoms with Crippen LogP contribution in [0.4, 0.5) is 0 Å². The first-order valence-corrected chi connectivity index (χ1v) is 12.2. The van der Waals surface area contributed by atoms with Crippen LogP contribution in [0.15, 0.2) is 11.5 Å². The molecule has 0 aliphatic carbocycles. The van der Waals surface area contributed by atoms with Crippen LogP contribution < -0.4 is 0 Å². The molecule has 0 saturated heterocycles. The molecule has 6 nitrogen and oxygen atoms in total. The summed E-state index contributed by atoms with van der Waals surface area (Å²) in [5.74, 6) is -2.48. The highest BCUT2D eigenvalue weighted by Crippen LogP contribution is 2.21. The van der Waals surface area contributed by atoms with Gasteiger partial charge in [0.25, 0.3) is 0 Å². The van der Waals surface area contributed by atoms with Crippen molar-refractivity contribution in [2.24, 2.45) is 0 Å². The van der Waals surface area contributed by atoms with E-state index in [2.05, 4.69) is 6.92 Å². The SMILES string of the molecule is CCCCCCCCCCCCCCCCCCOCC(O)[C@H]1OC(=O)C(O)=C1O. The van der Waals surface area contributed by atoms with Gasteiger partial charge in [0.2, 0.25) is 5.76 Å². The van der Waals surface area contributed by atoms with Gasteiger partial charge in [0, 0.05) is 6.61 Å². The maximum Gasteiger partial charge on any atom is 0.377 e. The fraction of sp³-hybridized carbons (Fsp3) is 0.875. The number of cyclic esters (lactones) is 1. The van der Waals surface area contributed by atoms with Gasteiger partial charge in [-0.25, -0.2) is 4.79 Å². The second-order valence-electron chi connectivity index (χ2n) is 8.51. The van der Waals surface area contributed by atoms with Crippen LogP contribution >= 0.6 is 0 Å². The maximum atomic E-state index is 11.1. The third kappa shape index (κ3) is 11.8. The molecule has 1 unspecified atom stereocenters. The first kappa shape index (κ1) is 26.8. The average molecular weight is 429 g/mol. The zero-order valence-corrected chi connectivity index (χ0v) is 18.9. The van der Waals surface area contributed by atoms with Crippen molar-refractivity contribution in [3.05, 3.63) is 11.5 Å². The number of aliphatic hydroxyl groups is 3. The fourth-order valence-corrected chi connectivity index (χ4v) is 3.77. The summed E-state index contributed by atoms with van der Waals surface area (Å²) in [7, 11) is 0. The van der Waals surface area contributed by atoms with E-state index in [1.54, 1.807) is 0 Å². The normalized spacial score (nSPS) is 17.5. The monoisotopic (exact) mass is 428 g/mol. The van der Waals surface area contributed by atoms with Crippen LogP contribution in [0.25, 0.3) is 0 Å². The standard InChI is InChI=1S/C24H44O6/c1-2-3-4-5-6-7-8-9-10-11-12-13-14-15-16-17-18-29-19-20(25)23-21(26)22(27)24(28)30-23/h20,23,25-27H,2-19H2,1H3/t20?,23-/m1/s1. The summed E-state index contributed by atoms with van der Waals surface area (Å²) in [5.41, 5.74) is 0. The highest BCUT2D eigenvalue weighted by Gasteiger charge is 2.39. The van der Waals surface area contributed by atoms with Gasteiger partial charge in [-0.05, 0) is 6.42 Å². The van der Waals surface area contributed by atoms with Crippen LogP contribution in [0.5, 0.6) is 0 Å². The van der Waals surface area contributed by atoms with Gasteiger partial charge in [0.15, 0.2) is 11.9 Å². The number of rotatable bonds is 20. The highest BCUT2D eigenvalue weighted by molar-refractivity contribution is 5.89. The van der Waals surface area contributed by atoms with E-state index in [0.717, 1.165) is 12.8 Å². The maximum absolute atomic E-state index is 11.1. The molecule has 0 aromatic carbocycles. The average Bonchev–Trinajstić information content (AvgIpc) is 3.00. The van der Waals surface area contributed by atoms with Crippen LogP contribution in [0, 0.1) is 0 Å². The lowest BCUT2D eigenvalue weighted by atomic mass is 10.0. The van der Waals surface area contributed by atoms with Crippen molar-refractivity contribution in [1.29, 1.82) is 0 Å². The molecule has 2 atom stereocenters. The predicted molar refractivity (Wildman–Crippen MR) is 119 cm³/mol. The van der Waals surface area contributed by atoms with Crippen molar-refractivity contribution in [3.8, 4) is 0 Å². The van der Waals surface area contributed by atoms with Gasteiger partial charge < -0.3 is 24.8 Å². The Morgan fingerprint density at radius 3 is 1.63 bits per heavy atom. The van der Waals surface area contributed by atoms with E-state index in [-0.39, 0.29) is 6.61 Å². The lowest BCUT2D eigenvalue weighted by Gasteiger charge is -2.17. The number of aliphatic hydroxyl groups excluding tert-OH is 3. The predicted octanol–water partition coefficient (Wildman–Crippen LogP) is 5.88. The van der Waals surface area contributed by atoms with Gasteiger partial charge in [-0.3, -0.25) is 0 Å². The van der Waals surface area contributed by atoms with Gasteiger partial charge in [0.05, 0.1) is 6.61 Å². The number of hydrogen-bond donors (Lipinski definition) is 3. The zero-order chi connectivity index (χ0) is 22.0. The molecular formula is C24H44O6. The van der Waals surface area contributed by atoms with Gasteiger partial charge in [-0.2, -0.15) is 0 Å². The van der Waals surface area contributed by atoms with Crippen LogP contribution in [-0.4, -0.2) is 46.7 Å². The molecule has 0 spiro atoms. The Labute approximate surface area is 182 Å². The second kappa shape index (κ2) is 17.4. The lowest BCUT2D eigenvalue weighted by molar-refractivity contribution is -0.148. The van der Waals surface area contributed by atoms with E-state index in [9.17, 15) is 20.1 Å². The van der Waals surface area contributed by atoms with Crippen molar-refractivity contribution in [2.75, 3.05) is 13.2 Å². The first-order chi connectivity index (χ1) is 14.6. The molecule has 1 aliphatic heterocycles. The number of carbonyl (C=O) groups is 1. The van der Waals surface area contributed by atoms with Gasteiger partial charge in [-0.1, -0.05) is 103 Å². The molecule has 0 aromatic heterocycles. The van der Waals surface area contributed by atoms with E-state index < -0.39 is 29.7 Å². The molecule has 0 fully saturated rings. The molecule has 6 heteroatoms. The topological polar surface area (TPSA) is 96.2 Å². The third-order valence-electron chi connectivity index (χ3n) is 5.72. The van der Waals surface area contributed by atoms with Gasteiger partial charge in [0.1, 0.15) is 6.10 Å². The van der Waals surface area contributed by atoms with E-state index >= 15 is 0 Å². The van der Waals surface area contributed by atoms with Crippen LogP contribution in [-0.2, 0) is 14.3 Å². The molecule has 3 N–H and O–H groups in total. The van der Waals surface area contributed by atoms with Crippen molar-refractivity contribution >= 4 is 5.97 Å². The Morgan fingerprint density at radius 2 is 1.23 bits per heavy atom. The molecule has 1 aliphatic rings. The Bertz CT molecular complexity index is 476. The molecular weight excluding hydrogens is 384 g/mol. The quantitative estimate of drug-likeness (QED) is 0.166. The van der Waals surface area contributed by atoms with Gasteiger partial charge in [-0.15, -0.1) is 0 Å². The second-order valence-corrected chi connectivity index (χ2v) is 8.51. The first-order valence-electron chi connectivity index (χ1n) is 12.2. The summed E-state index contributed by atoms with van der Waals surface area (Å²) in [6.07, 6.45) is 18.6. The van der Waals surface area contributed by atoms with E-state index in [0.29, 0.717) is 6.61 Å². The van der Waals surface area contributed by atoms with E-state index in [4.69, 9.17) is 9.47 Å². The van der Waals surface area contributed by atoms with E-state index in [1.807, 2.05) is 0 Å². The minimum absolute atomic E-state index is 0.0476. The molecule has 1 heterocycles. The van der Waals surface area contributed by atoms with Crippen molar-refractivity contribution in [2.45, 2.75) is 122 Å². The Kier molecular flexibility index (Phi) is 15.5.